The molecule has 1 aliphatic rings. The van der Waals surface area contributed by atoms with Crippen LogP contribution in [0.15, 0.2) is 29.3 Å². The number of nitrogens with one attached hydrogen (secondary N) is 2. The van der Waals surface area contributed by atoms with E-state index in [-0.39, 0.29) is 12.1 Å². The topological polar surface area (TPSA) is 85.6 Å². The number of hydrogen-bond donors (Lipinski definition) is 2. The van der Waals surface area contributed by atoms with E-state index in [2.05, 4.69) is 25.7 Å². The normalized spacial score (nSPS) is 17.8. The Bertz CT molecular complexity index is 788. The number of aliphatic imine (C=N–C) groups is 1. The zero-order valence-electron chi connectivity index (χ0n) is 16.4. The van der Waals surface area contributed by atoms with E-state index in [1.807, 2.05) is 42.8 Å². The van der Waals surface area contributed by atoms with Crippen LogP contribution < -0.4 is 20.1 Å². The average Bonchev–Trinajstić information content (AvgIpc) is 3.04. The van der Waals surface area contributed by atoms with Crippen LogP contribution >= 0.6 is 0 Å². The van der Waals surface area contributed by atoms with E-state index in [0.717, 1.165) is 48.5 Å². The van der Waals surface area contributed by atoms with Gasteiger partial charge in [-0.3, -0.25) is 4.99 Å². The lowest BCUT2D eigenvalue weighted by Gasteiger charge is -2.26. The molecule has 8 nitrogen and oxygen atoms in total. The number of aryl methyl sites for hydroxylation is 2. The summed E-state index contributed by atoms with van der Waals surface area (Å²) in [6.07, 6.45) is 1.91. The molecule has 1 aliphatic heterocycles. The zero-order chi connectivity index (χ0) is 19.2. The minimum atomic E-state index is -0.0217. The standard InChI is InChI=1S/C19H28N6O2/c1-13(27-17-7-5-6-16(10-17)26-4)11-21-19(20-3)23-15-8-9-18-22-14(2)24-25(18)12-15/h5-7,10,13,15H,8-9,11-12H2,1-4H3,(H2,20,21,23). The molecular formula is C19H28N6O2. The van der Waals surface area contributed by atoms with Gasteiger partial charge in [0.25, 0.3) is 0 Å². The van der Waals surface area contributed by atoms with Gasteiger partial charge < -0.3 is 20.1 Å². The third-order valence-electron chi connectivity index (χ3n) is 4.46. The number of hydrogen-bond acceptors (Lipinski definition) is 5. The molecule has 27 heavy (non-hydrogen) atoms. The highest BCUT2D eigenvalue weighted by Gasteiger charge is 2.21. The van der Waals surface area contributed by atoms with Crippen LogP contribution in [-0.4, -0.2) is 53.6 Å². The van der Waals surface area contributed by atoms with Crippen molar-refractivity contribution in [2.75, 3.05) is 20.7 Å². The summed E-state index contributed by atoms with van der Waals surface area (Å²) in [4.78, 5) is 8.77. The predicted octanol–water partition coefficient (Wildman–Crippen LogP) is 1.54. The molecule has 0 radical (unpaired) electrons. The van der Waals surface area contributed by atoms with Gasteiger partial charge in [0.15, 0.2) is 5.96 Å². The molecule has 0 saturated carbocycles. The number of ether oxygens (including phenoxy) is 2. The molecule has 0 bridgehead atoms. The van der Waals surface area contributed by atoms with Gasteiger partial charge in [0.2, 0.25) is 0 Å². The maximum absolute atomic E-state index is 5.94. The molecule has 2 unspecified atom stereocenters. The van der Waals surface area contributed by atoms with Crippen LogP contribution in [0.4, 0.5) is 0 Å². The minimum Gasteiger partial charge on any atom is -0.497 e. The molecule has 0 fully saturated rings. The van der Waals surface area contributed by atoms with Crippen LogP contribution in [0.3, 0.4) is 0 Å². The zero-order valence-corrected chi connectivity index (χ0v) is 16.4. The Balaban J connectivity index is 1.47. The molecule has 0 spiro atoms. The van der Waals surface area contributed by atoms with Gasteiger partial charge in [-0.15, -0.1) is 0 Å². The van der Waals surface area contributed by atoms with Gasteiger partial charge in [-0.05, 0) is 32.4 Å². The van der Waals surface area contributed by atoms with Crippen molar-refractivity contribution in [2.45, 2.75) is 45.4 Å². The van der Waals surface area contributed by atoms with Crippen LogP contribution in [0.1, 0.15) is 25.0 Å². The molecule has 0 saturated heterocycles. The highest BCUT2D eigenvalue weighted by Crippen LogP contribution is 2.19. The molecule has 1 aromatic carbocycles. The monoisotopic (exact) mass is 372 g/mol. The number of fused-ring (bicyclic) bond motifs is 1. The summed E-state index contributed by atoms with van der Waals surface area (Å²) in [7, 11) is 3.42. The molecule has 1 aromatic heterocycles. The first-order valence-corrected chi connectivity index (χ1v) is 9.25. The number of methoxy groups -OCH3 is 1. The molecule has 146 valence electrons. The fraction of sp³-hybridized carbons (Fsp3) is 0.526. The Morgan fingerprint density at radius 3 is 3.00 bits per heavy atom. The van der Waals surface area contributed by atoms with E-state index in [4.69, 9.17) is 9.47 Å². The summed E-state index contributed by atoms with van der Waals surface area (Å²) in [5.74, 6) is 4.23. The third-order valence-corrected chi connectivity index (χ3v) is 4.46. The summed E-state index contributed by atoms with van der Waals surface area (Å²) >= 11 is 0. The Labute approximate surface area is 160 Å². The molecule has 8 heteroatoms. The van der Waals surface area contributed by atoms with Crippen LogP contribution in [0.5, 0.6) is 11.5 Å². The lowest BCUT2D eigenvalue weighted by Crippen LogP contribution is -2.48. The SMILES string of the molecule is CN=C(NCC(C)Oc1cccc(OC)c1)NC1CCc2nc(C)nn2C1. The van der Waals surface area contributed by atoms with E-state index < -0.39 is 0 Å². The van der Waals surface area contributed by atoms with Gasteiger partial charge in [-0.1, -0.05) is 6.07 Å². The van der Waals surface area contributed by atoms with Gasteiger partial charge >= 0.3 is 0 Å². The Kier molecular flexibility index (Phi) is 6.16. The number of nitrogens with zero attached hydrogens (tertiary/aromatic N) is 4. The summed E-state index contributed by atoms with van der Waals surface area (Å²) in [5.41, 5.74) is 0. The lowest BCUT2D eigenvalue weighted by atomic mass is 10.1. The van der Waals surface area contributed by atoms with Crippen LogP contribution in [-0.2, 0) is 13.0 Å². The first-order chi connectivity index (χ1) is 13.1. The number of aromatic nitrogens is 3. The van der Waals surface area contributed by atoms with E-state index in [1.165, 1.54) is 0 Å². The van der Waals surface area contributed by atoms with E-state index in [9.17, 15) is 0 Å². The van der Waals surface area contributed by atoms with Gasteiger partial charge in [-0.25, -0.2) is 9.67 Å². The highest BCUT2D eigenvalue weighted by molar-refractivity contribution is 5.80. The molecule has 2 aromatic rings. The molecule has 2 heterocycles. The van der Waals surface area contributed by atoms with Crippen molar-refractivity contribution in [3.8, 4) is 11.5 Å². The second-order valence-corrected chi connectivity index (χ2v) is 6.70. The summed E-state index contributed by atoms with van der Waals surface area (Å²) in [6.45, 7) is 5.38. The lowest BCUT2D eigenvalue weighted by molar-refractivity contribution is 0.222. The van der Waals surface area contributed by atoms with E-state index in [1.54, 1.807) is 14.2 Å². The molecular weight excluding hydrogens is 344 g/mol. The fourth-order valence-electron chi connectivity index (χ4n) is 3.13. The first-order valence-electron chi connectivity index (χ1n) is 9.25. The fourth-order valence-corrected chi connectivity index (χ4v) is 3.13. The number of rotatable bonds is 6. The second-order valence-electron chi connectivity index (χ2n) is 6.70. The van der Waals surface area contributed by atoms with Crippen molar-refractivity contribution in [1.82, 2.24) is 25.4 Å². The Morgan fingerprint density at radius 1 is 1.41 bits per heavy atom. The first kappa shape index (κ1) is 19.0. The predicted molar refractivity (Wildman–Crippen MR) is 104 cm³/mol. The summed E-state index contributed by atoms with van der Waals surface area (Å²) in [6, 6.07) is 7.89. The molecule has 3 rings (SSSR count). The number of guanidine groups is 1. The quantitative estimate of drug-likeness (QED) is 0.591. The van der Waals surface area contributed by atoms with Crippen molar-refractivity contribution in [3.63, 3.8) is 0 Å². The minimum absolute atomic E-state index is 0.0217. The van der Waals surface area contributed by atoms with Crippen LogP contribution in [0.2, 0.25) is 0 Å². The average molecular weight is 372 g/mol. The van der Waals surface area contributed by atoms with Gasteiger partial charge in [0, 0.05) is 25.6 Å². The third kappa shape index (κ3) is 5.12. The molecule has 0 aliphatic carbocycles. The largest absolute Gasteiger partial charge is 0.497 e. The molecule has 0 amide bonds. The van der Waals surface area contributed by atoms with Crippen molar-refractivity contribution in [2.24, 2.45) is 4.99 Å². The second kappa shape index (κ2) is 8.75. The Hall–Kier alpha value is -2.77. The van der Waals surface area contributed by atoms with Crippen LogP contribution in [0.25, 0.3) is 0 Å². The van der Waals surface area contributed by atoms with Gasteiger partial charge in [-0.2, -0.15) is 5.10 Å². The van der Waals surface area contributed by atoms with Crippen molar-refractivity contribution in [3.05, 3.63) is 35.9 Å². The maximum atomic E-state index is 5.94. The summed E-state index contributed by atoms with van der Waals surface area (Å²) in [5, 5.41) is 11.2. The maximum Gasteiger partial charge on any atom is 0.191 e. The van der Waals surface area contributed by atoms with Gasteiger partial charge in [0.05, 0.1) is 20.2 Å². The van der Waals surface area contributed by atoms with E-state index >= 15 is 0 Å². The molecule has 2 atom stereocenters. The molecule has 2 N–H and O–H groups in total. The van der Waals surface area contributed by atoms with Crippen LogP contribution in [0, 0.1) is 6.92 Å². The van der Waals surface area contributed by atoms with Gasteiger partial charge in [0.1, 0.15) is 29.3 Å². The Morgan fingerprint density at radius 2 is 2.22 bits per heavy atom. The summed E-state index contributed by atoms with van der Waals surface area (Å²) < 4.78 is 13.2. The van der Waals surface area contributed by atoms with Crippen molar-refractivity contribution >= 4 is 5.96 Å². The highest BCUT2D eigenvalue weighted by atomic mass is 16.5. The van der Waals surface area contributed by atoms with Crippen molar-refractivity contribution < 1.29 is 9.47 Å². The van der Waals surface area contributed by atoms with Crippen molar-refractivity contribution in [1.29, 1.82) is 0 Å². The number of benzene rings is 1. The van der Waals surface area contributed by atoms with E-state index in [0.29, 0.717) is 6.54 Å². The smallest absolute Gasteiger partial charge is 0.191 e.